The molecule has 0 unspecified atom stereocenters. The summed E-state index contributed by atoms with van der Waals surface area (Å²) >= 11 is 0. The van der Waals surface area contributed by atoms with Gasteiger partial charge in [0.2, 0.25) is 0 Å². The molecule has 2 aliphatic rings. The van der Waals surface area contributed by atoms with Gasteiger partial charge in [-0.2, -0.15) is 0 Å². The van der Waals surface area contributed by atoms with Gasteiger partial charge in [-0.3, -0.25) is 0 Å². The van der Waals surface area contributed by atoms with Crippen molar-refractivity contribution in [2.75, 3.05) is 13.7 Å². The molecule has 0 aromatic heterocycles. The van der Waals surface area contributed by atoms with E-state index < -0.39 is 0 Å². The zero-order chi connectivity index (χ0) is 9.80. The highest BCUT2D eigenvalue weighted by atomic mass is 16.5. The predicted molar refractivity (Wildman–Crippen MR) is 58.4 cm³/mol. The highest BCUT2D eigenvalue weighted by Gasteiger charge is 2.27. The summed E-state index contributed by atoms with van der Waals surface area (Å²) < 4.78 is 5.24. The summed E-state index contributed by atoms with van der Waals surface area (Å²) in [6.07, 6.45) is 10.6. The zero-order valence-corrected chi connectivity index (χ0v) is 9.09. The first-order valence-electron chi connectivity index (χ1n) is 5.82. The summed E-state index contributed by atoms with van der Waals surface area (Å²) in [6, 6.07) is 0.724. The Bertz CT molecular complexity index is 206. The first-order valence-corrected chi connectivity index (χ1v) is 5.82. The topological polar surface area (TPSA) is 21.3 Å². The molecule has 0 amide bonds. The monoisotopic (exact) mass is 195 g/mol. The van der Waals surface area contributed by atoms with E-state index in [2.05, 4.69) is 11.4 Å². The summed E-state index contributed by atoms with van der Waals surface area (Å²) in [4.78, 5) is 0. The summed E-state index contributed by atoms with van der Waals surface area (Å²) in [5.74, 6) is 0. The molecule has 0 aromatic carbocycles. The van der Waals surface area contributed by atoms with E-state index in [1.165, 1.54) is 38.5 Å². The van der Waals surface area contributed by atoms with E-state index in [1.54, 1.807) is 5.57 Å². The molecule has 0 radical (unpaired) electrons. The molecular formula is C12H21NO. The highest BCUT2D eigenvalue weighted by molar-refractivity contribution is 5.07. The van der Waals surface area contributed by atoms with E-state index >= 15 is 0 Å². The van der Waals surface area contributed by atoms with Crippen molar-refractivity contribution >= 4 is 0 Å². The number of hydrogen-bond donors (Lipinski definition) is 1. The molecule has 1 fully saturated rings. The van der Waals surface area contributed by atoms with Gasteiger partial charge in [0, 0.05) is 13.2 Å². The molecule has 1 saturated carbocycles. The van der Waals surface area contributed by atoms with Gasteiger partial charge in [-0.05, 0) is 45.1 Å². The maximum Gasteiger partial charge on any atom is 0.0601 e. The maximum atomic E-state index is 5.24. The van der Waals surface area contributed by atoms with Crippen molar-refractivity contribution in [3.63, 3.8) is 0 Å². The van der Waals surface area contributed by atoms with Crippen molar-refractivity contribution in [1.29, 1.82) is 0 Å². The smallest absolute Gasteiger partial charge is 0.0601 e. The minimum Gasteiger partial charge on any atom is -0.381 e. The van der Waals surface area contributed by atoms with Crippen LogP contribution in [0.3, 0.4) is 0 Å². The average Bonchev–Trinajstić information content (AvgIpc) is 2.61. The number of ether oxygens (including phenoxy) is 1. The molecule has 14 heavy (non-hydrogen) atoms. The van der Waals surface area contributed by atoms with Crippen LogP contribution < -0.4 is 5.32 Å². The fourth-order valence-electron chi connectivity index (χ4n) is 2.33. The normalized spacial score (nSPS) is 31.4. The third kappa shape index (κ3) is 2.58. The molecule has 0 heterocycles. The van der Waals surface area contributed by atoms with Crippen LogP contribution in [-0.4, -0.2) is 25.8 Å². The fourth-order valence-corrected chi connectivity index (χ4v) is 2.33. The van der Waals surface area contributed by atoms with Crippen LogP contribution in [-0.2, 0) is 4.74 Å². The Labute approximate surface area is 86.7 Å². The lowest BCUT2D eigenvalue weighted by Crippen LogP contribution is -2.45. The minimum atomic E-state index is 0.526. The lowest BCUT2D eigenvalue weighted by Gasteiger charge is -2.34. The Balaban J connectivity index is 1.52. The summed E-state index contributed by atoms with van der Waals surface area (Å²) in [5, 5.41) is 3.59. The van der Waals surface area contributed by atoms with Gasteiger partial charge in [-0.1, -0.05) is 11.6 Å². The fraction of sp³-hybridized carbons (Fsp3) is 0.833. The third-order valence-electron chi connectivity index (χ3n) is 3.44. The molecule has 0 aliphatic heterocycles. The molecular weight excluding hydrogens is 174 g/mol. The van der Waals surface area contributed by atoms with Crippen LogP contribution in [0.5, 0.6) is 0 Å². The van der Waals surface area contributed by atoms with Crippen LogP contribution >= 0.6 is 0 Å². The molecule has 1 N–H and O–H groups in total. The minimum absolute atomic E-state index is 0.526. The number of methoxy groups -OCH3 is 1. The third-order valence-corrected chi connectivity index (χ3v) is 3.44. The predicted octanol–water partition coefficient (Wildman–Crippen LogP) is 2.25. The van der Waals surface area contributed by atoms with E-state index in [0.717, 1.165) is 12.6 Å². The van der Waals surface area contributed by atoms with E-state index in [4.69, 9.17) is 4.74 Å². The first-order chi connectivity index (χ1) is 6.88. The van der Waals surface area contributed by atoms with Crippen molar-refractivity contribution in [3.8, 4) is 0 Å². The summed E-state index contributed by atoms with van der Waals surface area (Å²) in [5.41, 5.74) is 1.67. The van der Waals surface area contributed by atoms with E-state index in [1.807, 2.05) is 7.11 Å². The Morgan fingerprint density at radius 3 is 3.00 bits per heavy atom. The van der Waals surface area contributed by atoms with Crippen LogP contribution in [0, 0.1) is 0 Å². The van der Waals surface area contributed by atoms with Crippen molar-refractivity contribution in [1.82, 2.24) is 5.32 Å². The largest absolute Gasteiger partial charge is 0.381 e. The number of rotatable bonds is 5. The summed E-state index contributed by atoms with van der Waals surface area (Å²) in [7, 11) is 1.81. The van der Waals surface area contributed by atoms with Crippen molar-refractivity contribution in [2.45, 2.75) is 50.7 Å². The van der Waals surface area contributed by atoms with Crippen molar-refractivity contribution in [2.24, 2.45) is 0 Å². The Kier molecular flexibility index (Phi) is 3.60. The van der Waals surface area contributed by atoms with Gasteiger partial charge in [0.1, 0.15) is 0 Å². The molecule has 0 saturated heterocycles. The molecule has 2 aliphatic carbocycles. The molecule has 0 spiro atoms. The molecule has 2 heteroatoms. The van der Waals surface area contributed by atoms with Crippen LogP contribution in [0.15, 0.2) is 11.6 Å². The van der Waals surface area contributed by atoms with Crippen molar-refractivity contribution < 1.29 is 4.74 Å². The lowest BCUT2D eigenvalue weighted by molar-refractivity contribution is 0.0177. The quantitative estimate of drug-likeness (QED) is 0.679. The maximum absolute atomic E-state index is 5.24. The van der Waals surface area contributed by atoms with Gasteiger partial charge in [-0.15, -0.1) is 0 Å². The molecule has 2 rings (SSSR count). The molecule has 0 bridgehead atoms. The average molecular weight is 195 g/mol. The number of hydrogen-bond acceptors (Lipinski definition) is 2. The first kappa shape index (κ1) is 10.2. The Hall–Kier alpha value is -0.340. The molecule has 0 aromatic rings. The van der Waals surface area contributed by atoms with E-state index in [0.29, 0.717) is 6.10 Å². The van der Waals surface area contributed by atoms with Gasteiger partial charge in [0.15, 0.2) is 0 Å². The van der Waals surface area contributed by atoms with Crippen molar-refractivity contribution in [3.05, 3.63) is 11.6 Å². The second-order valence-electron chi connectivity index (χ2n) is 4.48. The Morgan fingerprint density at radius 1 is 1.50 bits per heavy atom. The van der Waals surface area contributed by atoms with Gasteiger partial charge in [0.25, 0.3) is 0 Å². The zero-order valence-electron chi connectivity index (χ0n) is 9.09. The van der Waals surface area contributed by atoms with Gasteiger partial charge >= 0.3 is 0 Å². The second-order valence-corrected chi connectivity index (χ2v) is 4.48. The number of allylic oxidation sites excluding steroid dienone is 1. The number of nitrogens with one attached hydrogen (secondary N) is 1. The van der Waals surface area contributed by atoms with Gasteiger partial charge < -0.3 is 10.1 Å². The molecule has 0 atom stereocenters. The van der Waals surface area contributed by atoms with Gasteiger partial charge in [-0.25, -0.2) is 0 Å². The summed E-state index contributed by atoms with van der Waals surface area (Å²) in [6.45, 7) is 1.16. The molecule has 2 nitrogen and oxygen atoms in total. The van der Waals surface area contributed by atoms with E-state index in [-0.39, 0.29) is 0 Å². The standard InChI is InChI=1S/C12H21NO/c1-14-12-8-11(9-12)13-7-6-10-4-2-3-5-10/h4,11-13H,2-3,5-9H2,1H3. The SMILES string of the molecule is COC1CC(NCCC2=CCCC2)C1. The Morgan fingerprint density at radius 2 is 2.36 bits per heavy atom. The van der Waals surface area contributed by atoms with Gasteiger partial charge in [0.05, 0.1) is 6.10 Å². The highest BCUT2D eigenvalue weighted by Crippen LogP contribution is 2.23. The lowest BCUT2D eigenvalue weighted by atomic mass is 9.89. The van der Waals surface area contributed by atoms with Crippen LogP contribution in [0.2, 0.25) is 0 Å². The molecule has 80 valence electrons. The second kappa shape index (κ2) is 4.94. The van der Waals surface area contributed by atoms with Crippen LogP contribution in [0.4, 0.5) is 0 Å². The van der Waals surface area contributed by atoms with Crippen LogP contribution in [0.1, 0.15) is 38.5 Å². The van der Waals surface area contributed by atoms with E-state index in [9.17, 15) is 0 Å². The van der Waals surface area contributed by atoms with Crippen LogP contribution in [0.25, 0.3) is 0 Å².